The van der Waals surface area contributed by atoms with Gasteiger partial charge in [0.2, 0.25) is 0 Å². The van der Waals surface area contributed by atoms with E-state index in [4.69, 9.17) is 5.53 Å². The van der Waals surface area contributed by atoms with Crippen LogP contribution in [0.1, 0.15) is 5.56 Å². The summed E-state index contributed by atoms with van der Waals surface area (Å²) in [5, 5.41) is 0. The zero-order chi connectivity index (χ0) is 13.8. The average molecular weight is 258 g/mol. The first-order chi connectivity index (χ1) is 8.40. The standard InChI is InChI=1S/C11H9F3N2O2/c1-18-10(11(12,13)14,9(17)7-16-15)8-5-3-2-4-6-8/h2-7H,1H3/t10-/m0/s1. The second-order valence-corrected chi connectivity index (χ2v) is 3.36. The first-order valence-electron chi connectivity index (χ1n) is 4.79. The summed E-state index contributed by atoms with van der Waals surface area (Å²) in [6, 6.07) is 6.42. The minimum absolute atomic E-state index is 0.171. The van der Waals surface area contributed by atoms with E-state index < -0.39 is 17.6 Å². The summed E-state index contributed by atoms with van der Waals surface area (Å²) in [6.45, 7) is 0. The molecule has 0 aliphatic rings. The lowest BCUT2D eigenvalue weighted by molar-refractivity contribution is -0.262. The maximum absolute atomic E-state index is 13.1. The number of ether oxygens (including phenoxy) is 1. The van der Waals surface area contributed by atoms with Gasteiger partial charge < -0.3 is 10.3 Å². The fourth-order valence-electron chi connectivity index (χ4n) is 1.60. The third-order valence-electron chi connectivity index (χ3n) is 2.41. The Bertz CT molecular complexity index is 481. The van der Waals surface area contributed by atoms with Crippen LogP contribution < -0.4 is 0 Å². The number of nitrogens with zero attached hydrogens (tertiary/aromatic N) is 2. The van der Waals surface area contributed by atoms with Crippen molar-refractivity contribution in [3.8, 4) is 0 Å². The van der Waals surface area contributed by atoms with E-state index in [1.54, 1.807) is 0 Å². The summed E-state index contributed by atoms with van der Waals surface area (Å²) in [6.07, 6.45) is -4.81. The van der Waals surface area contributed by atoms with Crippen molar-refractivity contribution in [2.24, 2.45) is 0 Å². The van der Waals surface area contributed by atoms with Gasteiger partial charge in [0.25, 0.3) is 11.4 Å². The molecule has 96 valence electrons. The van der Waals surface area contributed by atoms with E-state index in [1.807, 2.05) is 0 Å². The van der Waals surface area contributed by atoms with Gasteiger partial charge in [-0.05, 0) is 0 Å². The zero-order valence-corrected chi connectivity index (χ0v) is 9.31. The van der Waals surface area contributed by atoms with Gasteiger partial charge >= 0.3 is 12.4 Å². The number of alkyl halides is 3. The molecule has 0 aromatic heterocycles. The Labute approximate surface area is 101 Å². The molecule has 0 saturated carbocycles. The predicted molar refractivity (Wildman–Crippen MR) is 55.9 cm³/mol. The van der Waals surface area contributed by atoms with E-state index in [0.717, 1.165) is 19.2 Å². The summed E-state index contributed by atoms with van der Waals surface area (Å²) in [5.74, 6) is -1.51. The van der Waals surface area contributed by atoms with Crippen LogP contribution in [0.25, 0.3) is 5.53 Å². The highest BCUT2D eigenvalue weighted by Crippen LogP contribution is 2.42. The number of carbonyl (C=O) groups excluding carboxylic acids is 1. The van der Waals surface area contributed by atoms with Crippen LogP contribution in [0.4, 0.5) is 13.2 Å². The molecule has 0 unspecified atom stereocenters. The van der Waals surface area contributed by atoms with Crippen molar-refractivity contribution in [3.05, 3.63) is 41.4 Å². The van der Waals surface area contributed by atoms with Crippen molar-refractivity contribution in [3.63, 3.8) is 0 Å². The second kappa shape index (κ2) is 5.12. The third-order valence-corrected chi connectivity index (χ3v) is 2.41. The minimum atomic E-state index is -4.98. The van der Waals surface area contributed by atoms with Crippen LogP contribution in [0, 0.1) is 0 Å². The number of benzene rings is 1. The average Bonchev–Trinajstić information content (AvgIpc) is 2.30. The van der Waals surface area contributed by atoms with E-state index in [0.29, 0.717) is 0 Å². The Hall–Kier alpha value is -1.98. The van der Waals surface area contributed by atoms with Gasteiger partial charge in [0.05, 0.1) is 0 Å². The molecule has 0 saturated heterocycles. The van der Waals surface area contributed by atoms with Crippen molar-refractivity contribution < 1.29 is 27.5 Å². The molecule has 18 heavy (non-hydrogen) atoms. The first kappa shape index (κ1) is 14.1. The molecule has 0 bridgehead atoms. The quantitative estimate of drug-likeness (QED) is 0.471. The van der Waals surface area contributed by atoms with Crippen molar-refractivity contribution >= 4 is 12.0 Å². The summed E-state index contributed by atoms with van der Waals surface area (Å²) in [5.41, 5.74) is 4.68. The highest BCUT2D eigenvalue weighted by molar-refractivity contribution is 6.29. The van der Waals surface area contributed by atoms with Crippen molar-refractivity contribution in [2.75, 3.05) is 7.11 Å². The molecule has 1 aromatic rings. The number of carbonyl (C=O) groups is 1. The Morgan fingerprint density at radius 3 is 2.28 bits per heavy atom. The second-order valence-electron chi connectivity index (χ2n) is 3.36. The number of methoxy groups -OCH3 is 1. The normalized spacial score (nSPS) is 14.4. The molecule has 1 aromatic carbocycles. The highest BCUT2D eigenvalue weighted by Gasteiger charge is 2.63. The molecule has 0 aliphatic carbocycles. The molecule has 4 nitrogen and oxygen atoms in total. The van der Waals surface area contributed by atoms with Gasteiger partial charge in [0.1, 0.15) is 0 Å². The molecule has 0 radical (unpaired) electrons. The molecular formula is C11H9F3N2O2. The molecule has 0 amide bonds. The number of ketones is 1. The van der Waals surface area contributed by atoms with Gasteiger partial charge in [0, 0.05) is 12.7 Å². The smallest absolute Gasteiger partial charge is 0.361 e. The number of Topliss-reactive ketones (excluding diaryl/α,β-unsaturated/α-hetero) is 1. The maximum atomic E-state index is 13.1. The van der Waals surface area contributed by atoms with Crippen LogP contribution in [0.3, 0.4) is 0 Å². The Morgan fingerprint density at radius 1 is 1.33 bits per heavy atom. The Kier molecular flexibility index (Phi) is 4.00. The van der Waals surface area contributed by atoms with Gasteiger partial charge in [0.15, 0.2) is 0 Å². The summed E-state index contributed by atoms with van der Waals surface area (Å²) in [4.78, 5) is 13.9. The zero-order valence-electron chi connectivity index (χ0n) is 9.31. The number of halogens is 3. The van der Waals surface area contributed by atoms with E-state index in [2.05, 4.69) is 9.53 Å². The van der Waals surface area contributed by atoms with Crippen molar-refractivity contribution in [1.82, 2.24) is 0 Å². The van der Waals surface area contributed by atoms with Crippen LogP contribution in [0.2, 0.25) is 0 Å². The number of hydrogen-bond donors (Lipinski definition) is 0. The van der Waals surface area contributed by atoms with Gasteiger partial charge in [-0.1, -0.05) is 30.3 Å². The van der Waals surface area contributed by atoms with Gasteiger partial charge in [-0.3, -0.25) is 4.79 Å². The highest BCUT2D eigenvalue weighted by atomic mass is 19.4. The fourth-order valence-corrected chi connectivity index (χ4v) is 1.60. The van der Waals surface area contributed by atoms with Gasteiger partial charge in [-0.15, -0.1) is 0 Å². The Morgan fingerprint density at radius 2 is 1.89 bits per heavy atom. The summed E-state index contributed by atoms with van der Waals surface area (Å²) in [7, 11) is 0.767. The molecule has 7 heteroatoms. The Balaban J connectivity index is 3.52. The monoisotopic (exact) mass is 258 g/mol. The minimum Gasteiger partial charge on any atom is -0.361 e. The van der Waals surface area contributed by atoms with Crippen LogP contribution in [-0.2, 0) is 15.1 Å². The number of rotatable bonds is 4. The maximum Gasteiger partial charge on any atom is 0.429 e. The lowest BCUT2D eigenvalue weighted by Crippen LogP contribution is -2.51. The van der Waals surface area contributed by atoms with Crippen LogP contribution in [-0.4, -0.2) is 30.1 Å². The van der Waals surface area contributed by atoms with Crippen LogP contribution in [0.15, 0.2) is 30.3 Å². The molecule has 0 heterocycles. The molecule has 0 aliphatic heterocycles. The third kappa shape index (κ3) is 2.18. The topological polar surface area (TPSA) is 62.7 Å². The largest absolute Gasteiger partial charge is 0.429 e. The molecule has 1 atom stereocenters. The first-order valence-corrected chi connectivity index (χ1v) is 4.79. The van der Waals surface area contributed by atoms with E-state index in [1.165, 1.54) is 18.2 Å². The van der Waals surface area contributed by atoms with E-state index in [-0.39, 0.29) is 11.8 Å². The summed E-state index contributed by atoms with van der Waals surface area (Å²) < 4.78 is 43.9. The SMILES string of the molecule is CO[C@](C(=O)C=[N+]=[N-])(c1ccccc1)C(F)(F)F. The molecule has 0 spiro atoms. The van der Waals surface area contributed by atoms with Gasteiger partial charge in [-0.2, -0.15) is 18.0 Å². The molecule has 1 rings (SSSR count). The van der Waals surface area contributed by atoms with E-state index in [9.17, 15) is 18.0 Å². The fraction of sp³-hybridized carbons (Fsp3) is 0.273. The predicted octanol–water partition coefficient (Wildman–Crippen LogP) is 1.96. The lowest BCUT2D eigenvalue weighted by atomic mass is 9.88. The molecule has 0 N–H and O–H groups in total. The van der Waals surface area contributed by atoms with Crippen molar-refractivity contribution in [2.45, 2.75) is 11.8 Å². The van der Waals surface area contributed by atoms with E-state index >= 15 is 0 Å². The van der Waals surface area contributed by atoms with Crippen LogP contribution >= 0.6 is 0 Å². The molecule has 0 fully saturated rings. The van der Waals surface area contributed by atoms with Crippen LogP contribution in [0.5, 0.6) is 0 Å². The molecular weight excluding hydrogens is 249 g/mol. The van der Waals surface area contributed by atoms with Gasteiger partial charge in [-0.25, -0.2) is 0 Å². The van der Waals surface area contributed by atoms with Crippen molar-refractivity contribution in [1.29, 1.82) is 0 Å². The summed E-state index contributed by atoms with van der Waals surface area (Å²) >= 11 is 0. The number of hydrogen-bond acceptors (Lipinski definition) is 2. The lowest BCUT2D eigenvalue weighted by Gasteiger charge is -2.30.